The number of esters is 1. The molecule has 2 aromatic rings. The molecular formula is C14H12N2O4. The molecule has 0 aliphatic carbocycles. The van der Waals surface area contributed by atoms with Crippen molar-refractivity contribution < 1.29 is 14.6 Å². The van der Waals surface area contributed by atoms with Crippen LogP contribution in [0.4, 0.5) is 0 Å². The molecule has 2 rings (SSSR count). The Morgan fingerprint density at radius 1 is 1.25 bits per heavy atom. The molecular weight excluding hydrogens is 260 g/mol. The largest absolute Gasteiger partial charge is 0.507 e. The molecule has 6 nitrogen and oxygen atoms in total. The van der Waals surface area contributed by atoms with Crippen LogP contribution in [-0.2, 0) is 17.9 Å². The molecule has 0 saturated carbocycles. The van der Waals surface area contributed by atoms with Gasteiger partial charge < -0.3 is 9.84 Å². The Morgan fingerprint density at radius 3 is 2.80 bits per heavy atom. The Hall–Kier alpha value is -2.76. The molecule has 0 unspecified atom stereocenters. The number of benzene rings is 1. The molecule has 0 fully saturated rings. The summed E-state index contributed by atoms with van der Waals surface area (Å²) in [5.74, 6) is -0.799. The number of aromatic nitrogens is 1. The van der Waals surface area contributed by atoms with E-state index in [0.717, 1.165) is 0 Å². The smallest absolute Gasteiger partial charge is 0.342 e. The fourth-order valence-electron chi connectivity index (χ4n) is 1.67. The number of hydrogen-bond donors (Lipinski definition) is 1. The van der Waals surface area contributed by atoms with Crippen molar-refractivity contribution in [3.05, 3.63) is 64.3 Å². The van der Waals surface area contributed by atoms with Gasteiger partial charge in [-0.3, -0.25) is 4.98 Å². The summed E-state index contributed by atoms with van der Waals surface area (Å²) in [6.07, 6.45) is 1.54. The first kappa shape index (κ1) is 13.7. The van der Waals surface area contributed by atoms with Gasteiger partial charge in [-0.2, -0.15) is 4.91 Å². The maximum absolute atomic E-state index is 11.8. The van der Waals surface area contributed by atoms with Crippen LogP contribution in [0.2, 0.25) is 0 Å². The minimum atomic E-state index is -0.654. The maximum atomic E-state index is 11.8. The van der Waals surface area contributed by atoms with E-state index in [2.05, 4.69) is 10.2 Å². The van der Waals surface area contributed by atoms with Crippen LogP contribution in [0.1, 0.15) is 21.6 Å². The van der Waals surface area contributed by atoms with E-state index < -0.39 is 5.97 Å². The Balaban J connectivity index is 2.07. The van der Waals surface area contributed by atoms with Crippen molar-refractivity contribution in [3.8, 4) is 5.75 Å². The monoisotopic (exact) mass is 272 g/mol. The standard InChI is InChI=1S/C14H12N2O4/c17-13-6-2-1-5-11(13)14(18)20-9-12-10(8-16-19)4-3-7-15-12/h1-7,17H,8-9H2. The second kappa shape index (κ2) is 6.42. The highest BCUT2D eigenvalue weighted by atomic mass is 16.5. The van der Waals surface area contributed by atoms with Gasteiger partial charge in [-0.15, -0.1) is 0 Å². The predicted octanol–water partition coefficient (Wildman–Crippen LogP) is 2.41. The average Bonchev–Trinajstić information content (AvgIpc) is 2.47. The lowest BCUT2D eigenvalue weighted by Crippen LogP contribution is -2.08. The Bertz CT molecular complexity index is 628. The first-order valence-corrected chi connectivity index (χ1v) is 5.89. The lowest BCUT2D eigenvalue weighted by Gasteiger charge is -2.08. The second-order valence-corrected chi connectivity index (χ2v) is 3.99. The molecule has 102 valence electrons. The molecule has 0 amide bonds. The Kier molecular flexibility index (Phi) is 4.39. The Morgan fingerprint density at radius 2 is 2.05 bits per heavy atom. The number of hydrogen-bond acceptors (Lipinski definition) is 6. The van der Waals surface area contributed by atoms with Gasteiger partial charge in [-0.05, 0) is 18.2 Å². The van der Waals surface area contributed by atoms with Gasteiger partial charge in [0.05, 0.1) is 5.69 Å². The van der Waals surface area contributed by atoms with Crippen molar-refractivity contribution in [1.82, 2.24) is 4.98 Å². The van der Waals surface area contributed by atoms with Gasteiger partial charge in [-0.1, -0.05) is 23.4 Å². The van der Waals surface area contributed by atoms with Crippen LogP contribution in [0.15, 0.2) is 47.8 Å². The molecule has 1 heterocycles. The van der Waals surface area contributed by atoms with E-state index in [1.165, 1.54) is 18.3 Å². The molecule has 6 heteroatoms. The highest BCUT2D eigenvalue weighted by molar-refractivity contribution is 5.92. The summed E-state index contributed by atoms with van der Waals surface area (Å²) in [4.78, 5) is 26.2. The number of carbonyl (C=O) groups is 1. The topological polar surface area (TPSA) is 88.9 Å². The van der Waals surface area contributed by atoms with Crippen LogP contribution in [0.25, 0.3) is 0 Å². The first-order valence-electron chi connectivity index (χ1n) is 5.89. The molecule has 1 aromatic heterocycles. The van der Waals surface area contributed by atoms with Crippen molar-refractivity contribution in [1.29, 1.82) is 0 Å². The number of nitroso groups, excluding NO2 is 1. The fraction of sp³-hybridized carbons (Fsp3) is 0.143. The van der Waals surface area contributed by atoms with E-state index in [-0.39, 0.29) is 24.5 Å². The van der Waals surface area contributed by atoms with Crippen LogP contribution >= 0.6 is 0 Å². The van der Waals surface area contributed by atoms with E-state index >= 15 is 0 Å². The highest BCUT2D eigenvalue weighted by Crippen LogP contribution is 2.17. The van der Waals surface area contributed by atoms with E-state index in [0.29, 0.717) is 11.3 Å². The SMILES string of the molecule is O=NCc1cccnc1COC(=O)c1ccccc1O. The Labute approximate surface area is 115 Å². The molecule has 0 bridgehead atoms. The maximum Gasteiger partial charge on any atom is 0.342 e. The number of phenols is 1. The number of ether oxygens (including phenoxy) is 1. The summed E-state index contributed by atoms with van der Waals surface area (Å²) in [5, 5.41) is 12.3. The zero-order chi connectivity index (χ0) is 14.4. The minimum Gasteiger partial charge on any atom is -0.507 e. The third kappa shape index (κ3) is 3.17. The molecule has 0 spiro atoms. The summed E-state index contributed by atoms with van der Waals surface area (Å²) in [6, 6.07) is 9.47. The van der Waals surface area contributed by atoms with Gasteiger partial charge in [0.25, 0.3) is 0 Å². The van der Waals surface area contributed by atoms with Crippen LogP contribution in [0.3, 0.4) is 0 Å². The number of phenolic OH excluding ortho intramolecular Hbond substituents is 1. The number of rotatable bonds is 5. The second-order valence-electron chi connectivity index (χ2n) is 3.99. The van der Waals surface area contributed by atoms with Crippen molar-refractivity contribution >= 4 is 5.97 Å². The summed E-state index contributed by atoms with van der Waals surface area (Å²) in [7, 11) is 0. The number of nitrogens with zero attached hydrogens (tertiary/aromatic N) is 2. The van der Waals surface area contributed by atoms with Crippen LogP contribution in [0, 0.1) is 4.91 Å². The number of aromatic hydroxyl groups is 1. The van der Waals surface area contributed by atoms with Crippen molar-refractivity contribution in [2.45, 2.75) is 13.2 Å². The van der Waals surface area contributed by atoms with Crippen molar-refractivity contribution in [3.63, 3.8) is 0 Å². The molecule has 20 heavy (non-hydrogen) atoms. The molecule has 0 saturated heterocycles. The van der Waals surface area contributed by atoms with E-state index in [9.17, 15) is 14.8 Å². The molecule has 0 atom stereocenters. The summed E-state index contributed by atoms with van der Waals surface area (Å²) in [6.45, 7) is -0.115. The van der Waals surface area contributed by atoms with E-state index in [1.54, 1.807) is 24.3 Å². The number of para-hydroxylation sites is 1. The van der Waals surface area contributed by atoms with Gasteiger partial charge in [0.1, 0.15) is 24.5 Å². The third-order valence-electron chi connectivity index (χ3n) is 2.68. The van der Waals surface area contributed by atoms with Crippen LogP contribution < -0.4 is 0 Å². The van der Waals surface area contributed by atoms with Crippen molar-refractivity contribution in [2.75, 3.05) is 0 Å². The van der Waals surface area contributed by atoms with Crippen LogP contribution in [-0.4, -0.2) is 16.1 Å². The van der Waals surface area contributed by atoms with Crippen LogP contribution in [0.5, 0.6) is 5.75 Å². The molecule has 1 N–H and O–H groups in total. The normalized spacial score (nSPS) is 10.0. The summed E-state index contributed by atoms with van der Waals surface area (Å²) < 4.78 is 5.08. The zero-order valence-electron chi connectivity index (χ0n) is 10.5. The first-order chi connectivity index (χ1) is 9.72. The summed E-state index contributed by atoms with van der Waals surface area (Å²) in [5.41, 5.74) is 1.15. The zero-order valence-corrected chi connectivity index (χ0v) is 10.5. The van der Waals surface area contributed by atoms with Gasteiger partial charge in [0.15, 0.2) is 0 Å². The third-order valence-corrected chi connectivity index (χ3v) is 2.68. The van der Waals surface area contributed by atoms with Crippen molar-refractivity contribution in [2.24, 2.45) is 5.18 Å². The van der Waals surface area contributed by atoms with E-state index in [4.69, 9.17) is 4.74 Å². The minimum absolute atomic E-state index is 0.0304. The predicted molar refractivity (Wildman–Crippen MR) is 71.0 cm³/mol. The van der Waals surface area contributed by atoms with Gasteiger partial charge in [0, 0.05) is 11.8 Å². The molecule has 0 radical (unpaired) electrons. The average molecular weight is 272 g/mol. The number of pyridine rings is 1. The van der Waals surface area contributed by atoms with Gasteiger partial charge >= 0.3 is 5.97 Å². The quantitative estimate of drug-likeness (QED) is 0.667. The lowest BCUT2D eigenvalue weighted by molar-refractivity contribution is 0.0463. The number of carbonyl (C=O) groups excluding carboxylic acids is 1. The van der Waals surface area contributed by atoms with E-state index in [1.807, 2.05) is 0 Å². The summed E-state index contributed by atoms with van der Waals surface area (Å²) >= 11 is 0. The van der Waals surface area contributed by atoms with Gasteiger partial charge in [-0.25, -0.2) is 4.79 Å². The fourth-order valence-corrected chi connectivity index (χ4v) is 1.67. The molecule has 0 aliphatic rings. The molecule has 0 aliphatic heterocycles. The highest BCUT2D eigenvalue weighted by Gasteiger charge is 2.13. The lowest BCUT2D eigenvalue weighted by atomic mass is 10.2. The molecule has 1 aromatic carbocycles. The van der Waals surface area contributed by atoms with Gasteiger partial charge in [0.2, 0.25) is 0 Å².